The first-order chi connectivity index (χ1) is 8.31. The zero-order chi connectivity index (χ0) is 12.1. The minimum atomic E-state index is 0.452. The number of likely N-dealkylation sites (N-methyl/N-ethyl adjacent to an activating group) is 1. The molecule has 1 fully saturated rings. The molecule has 17 heavy (non-hydrogen) atoms. The van der Waals surface area contributed by atoms with Gasteiger partial charge in [0.2, 0.25) is 0 Å². The quantitative estimate of drug-likeness (QED) is 0.817. The molecular weight excluding hydrogens is 214 g/mol. The Morgan fingerprint density at radius 1 is 1.65 bits per heavy atom. The normalized spacial score (nSPS) is 21.9. The second-order valence-corrected chi connectivity index (χ2v) is 4.76. The van der Waals surface area contributed by atoms with Gasteiger partial charge in [0.25, 0.3) is 0 Å². The van der Waals surface area contributed by atoms with Gasteiger partial charge in [-0.05, 0) is 45.2 Å². The van der Waals surface area contributed by atoms with Crippen molar-refractivity contribution in [2.45, 2.75) is 51.3 Å². The van der Waals surface area contributed by atoms with Gasteiger partial charge in [0.05, 0.1) is 12.3 Å². The molecule has 0 aliphatic carbocycles. The highest BCUT2D eigenvalue weighted by Crippen LogP contribution is 2.18. The lowest BCUT2D eigenvalue weighted by Gasteiger charge is -2.19. The molecule has 0 saturated carbocycles. The Morgan fingerprint density at radius 2 is 2.53 bits per heavy atom. The lowest BCUT2D eigenvalue weighted by atomic mass is 10.0. The van der Waals surface area contributed by atoms with Gasteiger partial charge in [-0.3, -0.25) is 4.68 Å². The first-order valence-corrected chi connectivity index (χ1v) is 6.62. The van der Waals surface area contributed by atoms with Crippen molar-refractivity contribution in [3.8, 4) is 0 Å². The summed E-state index contributed by atoms with van der Waals surface area (Å²) in [5.41, 5.74) is 1.31. The van der Waals surface area contributed by atoms with Crippen molar-refractivity contribution in [1.29, 1.82) is 0 Å². The van der Waals surface area contributed by atoms with E-state index >= 15 is 0 Å². The van der Waals surface area contributed by atoms with Gasteiger partial charge in [-0.2, -0.15) is 5.10 Å². The number of aryl methyl sites for hydroxylation is 1. The molecule has 2 atom stereocenters. The molecule has 2 heterocycles. The summed E-state index contributed by atoms with van der Waals surface area (Å²) >= 11 is 0. The third kappa shape index (κ3) is 3.54. The van der Waals surface area contributed by atoms with E-state index < -0.39 is 0 Å². The van der Waals surface area contributed by atoms with E-state index in [1.807, 2.05) is 17.9 Å². The Labute approximate surface area is 103 Å². The number of ether oxygens (including phenoxy) is 1. The minimum Gasteiger partial charge on any atom is -0.378 e. The van der Waals surface area contributed by atoms with E-state index in [2.05, 4.69) is 23.5 Å². The van der Waals surface area contributed by atoms with Crippen molar-refractivity contribution in [3.05, 3.63) is 18.0 Å². The summed E-state index contributed by atoms with van der Waals surface area (Å²) in [7, 11) is 2.03. The van der Waals surface area contributed by atoms with E-state index in [0.717, 1.165) is 26.0 Å². The Kier molecular flexibility index (Phi) is 4.57. The summed E-state index contributed by atoms with van der Waals surface area (Å²) in [6.45, 7) is 3.99. The smallest absolute Gasteiger partial charge is 0.0590 e. The Morgan fingerprint density at radius 3 is 3.12 bits per heavy atom. The molecule has 0 spiro atoms. The molecule has 1 aliphatic heterocycles. The van der Waals surface area contributed by atoms with E-state index in [-0.39, 0.29) is 0 Å². The number of rotatable bonds is 6. The second-order valence-electron chi connectivity index (χ2n) is 4.76. The lowest BCUT2D eigenvalue weighted by Crippen LogP contribution is -2.31. The molecule has 1 N–H and O–H groups in total. The molecule has 1 aromatic rings. The molecule has 2 unspecified atom stereocenters. The van der Waals surface area contributed by atoms with Crippen LogP contribution in [0.1, 0.15) is 31.7 Å². The fourth-order valence-corrected chi connectivity index (χ4v) is 2.42. The van der Waals surface area contributed by atoms with Crippen LogP contribution in [-0.2, 0) is 17.7 Å². The Balaban J connectivity index is 1.85. The maximum Gasteiger partial charge on any atom is 0.0590 e. The molecular formula is C13H23N3O. The van der Waals surface area contributed by atoms with Crippen molar-refractivity contribution in [2.75, 3.05) is 13.7 Å². The van der Waals surface area contributed by atoms with Crippen LogP contribution in [0, 0.1) is 0 Å². The predicted octanol–water partition coefficient (Wildman–Crippen LogP) is 1.60. The highest BCUT2D eigenvalue weighted by Gasteiger charge is 2.20. The fraction of sp³-hybridized carbons (Fsp3) is 0.769. The summed E-state index contributed by atoms with van der Waals surface area (Å²) in [6.07, 6.45) is 9.14. The summed E-state index contributed by atoms with van der Waals surface area (Å²) in [5, 5.41) is 7.70. The van der Waals surface area contributed by atoms with Gasteiger partial charge >= 0.3 is 0 Å². The number of aromatic nitrogens is 2. The number of hydrogen-bond acceptors (Lipinski definition) is 3. The van der Waals surface area contributed by atoms with Gasteiger partial charge in [0.1, 0.15) is 0 Å². The standard InChI is InChI=1S/C13H23N3O/c1-3-16-10-11(9-15-16)7-12(14-2)8-13-5-4-6-17-13/h9-10,12-14H,3-8H2,1-2H3. The predicted molar refractivity (Wildman–Crippen MR) is 68.0 cm³/mol. The molecule has 2 rings (SSSR count). The molecule has 0 radical (unpaired) electrons. The highest BCUT2D eigenvalue weighted by molar-refractivity contribution is 5.06. The van der Waals surface area contributed by atoms with Crippen LogP contribution < -0.4 is 5.32 Å². The monoisotopic (exact) mass is 237 g/mol. The summed E-state index contributed by atoms with van der Waals surface area (Å²) < 4.78 is 7.67. The second kappa shape index (κ2) is 6.17. The van der Waals surface area contributed by atoms with Crippen molar-refractivity contribution >= 4 is 0 Å². The first-order valence-electron chi connectivity index (χ1n) is 6.62. The van der Waals surface area contributed by atoms with Gasteiger partial charge < -0.3 is 10.1 Å². The summed E-state index contributed by atoms with van der Waals surface area (Å²) in [6, 6.07) is 0.493. The topological polar surface area (TPSA) is 39.1 Å². The highest BCUT2D eigenvalue weighted by atomic mass is 16.5. The molecule has 4 heteroatoms. The van der Waals surface area contributed by atoms with E-state index in [4.69, 9.17) is 4.74 Å². The molecule has 0 aromatic carbocycles. The van der Waals surface area contributed by atoms with Crippen molar-refractivity contribution in [1.82, 2.24) is 15.1 Å². The van der Waals surface area contributed by atoms with Crippen molar-refractivity contribution in [3.63, 3.8) is 0 Å². The van der Waals surface area contributed by atoms with E-state index in [9.17, 15) is 0 Å². The fourth-order valence-electron chi connectivity index (χ4n) is 2.42. The largest absolute Gasteiger partial charge is 0.378 e. The summed E-state index contributed by atoms with van der Waals surface area (Å²) in [5.74, 6) is 0. The Hall–Kier alpha value is -0.870. The van der Waals surface area contributed by atoms with Crippen LogP contribution in [0.15, 0.2) is 12.4 Å². The molecule has 1 aliphatic rings. The zero-order valence-corrected chi connectivity index (χ0v) is 10.9. The van der Waals surface area contributed by atoms with Gasteiger partial charge in [-0.1, -0.05) is 0 Å². The van der Waals surface area contributed by atoms with Crippen LogP contribution in [0.3, 0.4) is 0 Å². The SMILES string of the molecule is CCn1cc(CC(CC2CCCO2)NC)cn1. The van der Waals surface area contributed by atoms with Gasteiger partial charge in [0.15, 0.2) is 0 Å². The molecule has 4 nitrogen and oxygen atoms in total. The van der Waals surface area contributed by atoms with Gasteiger partial charge in [-0.25, -0.2) is 0 Å². The maximum atomic E-state index is 5.69. The van der Waals surface area contributed by atoms with Crippen LogP contribution >= 0.6 is 0 Å². The van der Waals surface area contributed by atoms with Crippen LogP contribution in [0.25, 0.3) is 0 Å². The molecule has 1 aromatic heterocycles. The molecule has 96 valence electrons. The first kappa shape index (κ1) is 12.6. The number of nitrogens with one attached hydrogen (secondary N) is 1. The van der Waals surface area contributed by atoms with Crippen molar-refractivity contribution < 1.29 is 4.74 Å². The van der Waals surface area contributed by atoms with E-state index in [1.54, 1.807) is 0 Å². The van der Waals surface area contributed by atoms with Gasteiger partial charge in [-0.15, -0.1) is 0 Å². The Bertz CT molecular complexity index is 331. The van der Waals surface area contributed by atoms with Crippen LogP contribution in [0.4, 0.5) is 0 Å². The number of nitrogens with zero attached hydrogens (tertiary/aromatic N) is 2. The van der Waals surface area contributed by atoms with E-state index in [1.165, 1.54) is 18.4 Å². The summed E-state index contributed by atoms with van der Waals surface area (Å²) in [4.78, 5) is 0. The lowest BCUT2D eigenvalue weighted by molar-refractivity contribution is 0.0954. The van der Waals surface area contributed by atoms with Gasteiger partial charge in [0, 0.05) is 25.4 Å². The number of hydrogen-bond donors (Lipinski definition) is 1. The van der Waals surface area contributed by atoms with E-state index in [0.29, 0.717) is 12.1 Å². The third-order valence-corrected chi connectivity index (χ3v) is 3.47. The minimum absolute atomic E-state index is 0.452. The average Bonchev–Trinajstić information content (AvgIpc) is 2.99. The third-order valence-electron chi connectivity index (χ3n) is 3.47. The van der Waals surface area contributed by atoms with Crippen molar-refractivity contribution in [2.24, 2.45) is 0 Å². The van der Waals surface area contributed by atoms with Crippen LogP contribution in [0.2, 0.25) is 0 Å². The van der Waals surface area contributed by atoms with Crippen LogP contribution in [-0.4, -0.2) is 35.6 Å². The molecule has 0 bridgehead atoms. The average molecular weight is 237 g/mol. The maximum absolute atomic E-state index is 5.69. The molecule has 1 saturated heterocycles. The van der Waals surface area contributed by atoms with Crippen LogP contribution in [0.5, 0.6) is 0 Å². The molecule has 0 amide bonds. The zero-order valence-electron chi connectivity index (χ0n) is 10.9.